The Balaban J connectivity index is 1.70. The van der Waals surface area contributed by atoms with Crippen molar-refractivity contribution in [1.82, 2.24) is 20.6 Å². The number of aromatic amines is 1. The molecule has 0 aliphatic carbocycles. The van der Waals surface area contributed by atoms with Gasteiger partial charge in [-0.05, 0) is 40.8 Å². The summed E-state index contributed by atoms with van der Waals surface area (Å²) >= 11 is 0. The predicted octanol–water partition coefficient (Wildman–Crippen LogP) is 3.09. The molecule has 3 rings (SSSR count). The number of nitrogens with one attached hydrogen (secondary N) is 1. The Morgan fingerprint density at radius 1 is 1.00 bits per heavy atom. The lowest BCUT2D eigenvalue weighted by molar-refractivity contribution is -0.138. The summed E-state index contributed by atoms with van der Waals surface area (Å²) in [5.41, 5.74) is 8.30. The monoisotopic (exact) mass is 379 g/mol. The van der Waals surface area contributed by atoms with Crippen molar-refractivity contribution in [2.45, 2.75) is 43.6 Å². The van der Waals surface area contributed by atoms with E-state index in [-0.39, 0.29) is 11.8 Å². The molecule has 2 aromatic carbocycles. The fourth-order valence-electron chi connectivity index (χ4n) is 3.58. The van der Waals surface area contributed by atoms with Gasteiger partial charge in [0, 0.05) is 11.8 Å². The number of aromatic nitrogens is 4. The molecular formula is C21H25N5O2. The first-order valence-electron chi connectivity index (χ1n) is 9.47. The Morgan fingerprint density at radius 2 is 1.61 bits per heavy atom. The maximum Gasteiger partial charge on any atom is 0.320 e. The Morgan fingerprint density at radius 3 is 2.11 bits per heavy atom. The molecule has 28 heavy (non-hydrogen) atoms. The summed E-state index contributed by atoms with van der Waals surface area (Å²) < 4.78 is 0. The van der Waals surface area contributed by atoms with Crippen molar-refractivity contribution >= 4 is 5.97 Å². The van der Waals surface area contributed by atoms with E-state index in [9.17, 15) is 4.79 Å². The van der Waals surface area contributed by atoms with Crippen molar-refractivity contribution in [1.29, 1.82) is 0 Å². The molecule has 3 aromatic rings. The summed E-state index contributed by atoms with van der Waals surface area (Å²) in [6.07, 6.45) is 2.89. The van der Waals surface area contributed by atoms with Gasteiger partial charge >= 0.3 is 5.97 Å². The normalized spacial score (nSPS) is 13.4. The number of nitrogens with zero attached hydrogens (tertiary/aromatic N) is 3. The molecule has 0 radical (unpaired) electrons. The molecule has 0 spiro atoms. The van der Waals surface area contributed by atoms with Crippen LogP contribution in [-0.4, -0.2) is 37.7 Å². The fourth-order valence-corrected chi connectivity index (χ4v) is 3.58. The lowest BCUT2D eigenvalue weighted by atomic mass is 9.85. The highest BCUT2D eigenvalue weighted by molar-refractivity contribution is 5.73. The van der Waals surface area contributed by atoms with E-state index in [1.165, 1.54) is 11.1 Å². The number of carboxylic acids is 1. The summed E-state index contributed by atoms with van der Waals surface area (Å²) in [6.45, 7) is 0. The second-order valence-electron chi connectivity index (χ2n) is 6.97. The van der Waals surface area contributed by atoms with Gasteiger partial charge in [0.2, 0.25) is 0 Å². The van der Waals surface area contributed by atoms with Gasteiger partial charge in [-0.15, -0.1) is 5.10 Å². The number of nitrogens with two attached hydrogens (primary N) is 1. The number of carboxylic acid groups (broad SMARTS) is 1. The van der Waals surface area contributed by atoms with Crippen LogP contribution >= 0.6 is 0 Å². The maximum atomic E-state index is 11.2. The fraction of sp³-hybridized carbons (Fsp3) is 0.333. The molecule has 0 saturated heterocycles. The Labute approximate surface area is 164 Å². The molecular weight excluding hydrogens is 354 g/mol. The van der Waals surface area contributed by atoms with Crippen LogP contribution in [0.1, 0.15) is 54.5 Å². The number of benzene rings is 2. The molecule has 7 heteroatoms. The summed E-state index contributed by atoms with van der Waals surface area (Å²) in [5, 5.41) is 23.1. The third kappa shape index (κ3) is 5.23. The topological polar surface area (TPSA) is 118 Å². The van der Waals surface area contributed by atoms with Gasteiger partial charge in [0.15, 0.2) is 5.82 Å². The van der Waals surface area contributed by atoms with Crippen molar-refractivity contribution in [3.63, 3.8) is 0 Å². The highest BCUT2D eigenvalue weighted by atomic mass is 16.4. The van der Waals surface area contributed by atoms with Gasteiger partial charge in [-0.1, -0.05) is 67.1 Å². The number of rotatable bonds is 10. The Bertz CT molecular complexity index is 800. The van der Waals surface area contributed by atoms with Crippen molar-refractivity contribution in [2.24, 2.45) is 5.73 Å². The van der Waals surface area contributed by atoms with Crippen LogP contribution in [0.2, 0.25) is 0 Å². The third-order valence-electron chi connectivity index (χ3n) is 5.05. The molecule has 2 atom stereocenters. The largest absolute Gasteiger partial charge is 0.480 e. The van der Waals surface area contributed by atoms with Crippen molar-refractivity contribution in [2.75, 3.05) is 0 Å². The van der Waals surface area contributed by atoms with E-state index < -0.39 is 12.0 Å². The van der Waals surface area contributed by atoms with E-state index in [2.05, 4.69) is 69.2 Å². The zero-order chi connectivity index (χ0) is 19.8. The van der Waals surface area contributed by atoms with Crippen LogP contribution in [0.5, 0.6) is 0 Å². The SMILES string of the molecule is NC(CC(CCCC(c1ccccc1)c1ccccc1)c1nnn[nH]1)C(=O)O. The molecule has 7 nitrogen and oxygen atoms in total. The molecule has 0 amide bonds. The van der Waals surface area contributed by atoms with Gasteiger partial charge in [-0.2, -0.15) is 0 Å². The van der Waals surface area contributed by atoms with Crippen molar-refractivity contribution in [3.8, 4) is 0 Å². The number of tetrazole rings is 1. The average molecular weight is 379 g/mol. The van der Waals surface area contributed by atoms with E-state index in [0.29, 0.717) is 12.2 Å². The first-order chi connectivity index (χ1) is 13.6. The molecule has 146 valence electrons. The van der Waals surface area contributed by atoms with Gasteiger partial charge in [-0.3, -0.25) is 4.79 Å². The van der Waals surface area contributed by atoms with Crippen LogP contribution < -0.4 is 5.73 Å². The minimum absolute atomic E-state index is 0.117. The minimum Gasteiger partial charge on any atom is -0.480 e. The second-order valence-corrected chi connectivity index (χ2v) is 6.97. The summed E-state index contributed by atoms with van der Waals surface area (Å²) in [7, 11) is 0. The second kappa shape index (κ2) is 9.75. The van der Waals surface area contributed by atoms with E-state index in [0.717, 1.165) is 19.3 Å². The lowest BCUT2D eigenvalue weighted by Gasteiger charge is -2.20. The summed E-state index contributed by atoms with van der Waals surface area (Å²) in [6, 6.07) is 19.9. The molecule has 1 heterocycles. The van der Waals surface area contributed by atoms with E-state index >= 15 is 0 Å². The number of carbonyl (C=O) groups is 1. The van der Waals surface area contributed by atoms with Gasteiger partial charge in [0.1, 0.15) is 6.04 Å². The molecule has 0 saturated carbocycles. The standard InChI is InChI=1S/C21H25N5O2/c22-19(21(27)28)14-17(20-23-25-26-24-20)12-7-13-18(15-8-3-1-4-9-15)16-10-5-2-6-11-16/h1-6,8-11,17-19H,7,12-14,22H2,(H,27,28)(H,23,24,25,26). The van der Waals surface area contributed by atoms with Gasteiger partial charge in [0.25, 0.3) is 0 Å². The zero-order valence-corrected chi connectivity index (χ0v) is 15.6. The van der Waals surface area contributed by atoms with Crippen LogP contribution in [0.3, 0.4) is 0 Å². The number of aliphatic carboxylic acids is 1. The first kappa shape index (κ1) is 19.7. The van der Waals surface area contributed by atoms with Gasteiger partial charge in [0.05, 0.1) is 0 Å². The highest BCUT2D eigenvalue weighted by Gasteiger charge is 2.23. The molecule has 0 bridgehead atoms. The predicted molar refractivity (Wildman–Crippen MR) is 106 cm³/mol. The number of hydrogen-bond donors (Lipinski definition) is 3. The van der Waals surface area contributed by atoms with E-state index in [1.807, 2.05) is 12.1 Å². The Kier molecular flexibility index (Phi) is 6.86. The van der Waals surface area contributed by atoms with Crippen molar-refractivity contribution in [3.05, 3.63) is 77.6 Å². The lowest BCUT2D eigenvalue weighted by Crippen LogP contribution is -2.32. The van der Waals surface area contributed by atoms with Crippen LogP contribution in [0.15, 0.2) is 60.7 Å². The molecule has 4 N–H and O–H groups in total. The van der Waals surface area contributed by atoms with Crippen LogP contribution in [0.4, 0.5) is 0 Å². The Hall–Kier alpha value is -3.06. The summed E-state index contributed by atoms with van der Waals surface area (Å²) in [5.74, 6) is -0.256. The quantitative estimate of drug-likeness (QED) is 0.498. The van der Waals surface area contributed by atoms with Crippen LogP contribution in [0.25, 0.3) is 0 Å². The number of H-pyrrole nitrogens is 1. The molecule has 1 aromatic heterocycles. The number of hydrogen-bond acceptors (Lipinski definition) is 5. The zero-order valence-electron chi connectivity index (χ0n) is 15.6. The molecule has 0 fully saturated rings. The average Bonchev–Trinajstić information content (AvgIpc) is 3.26. The minimum atomic E-state index is -1.01. The molecule has 0 aliphatic heterocycles. The first-order valence-corrected chi connectivity index (χ1v) is 9.47. The van der Waals surface area contributed by atoms with Crippen molar-refractivity contribution < 1.29 is 9.90 Å². The smallest absolute Gasteiger partial charge is 0.320 e. The van der Waals surface area contributed by atoms with E-state index in [1.54, 1.807) is 0 Å². The highest BCUT2D eigenvalue weighted by Crippen LogP contribution is 2.32. The van der Waals surface area contributed by atoms with Gasteiger partial charge in [-0.25, -0.2) is 5.10 Å². The molecule has 0 aliphatic rings. The van der Waals surface area contributed by atoms with Gasteiger partial charge < -0.3 is 10.8 Å². The summed E-state index contributed by atoms with van der Waals surface area (Å²) in [4.78, 5) is 11.2. The third-order valence-corrected chi connectivity index (χ3v) is 5.05. The maximum absolute atomic E-state index is 11.2. The van der Waals surface area contributed by atoms with E-state index in [4.69, 9.17) is 10.8 Å². The van der Waals surface area contributed by atoms with Crippen LogP contribution in [-0.2, 0) is 4.79 Å². The molecule has 2 unspecified atom stereocenters. The van der Waals surface area contributed by atoms with Crippen LogP contribution in [0, 0.1) is 0 Å².